The van der Waals surface area contributed by atoms with Crippen molar-refractivity contribution in [2.24, 2.45) is 5.73 Å². The summed E-state index contributed by atoms with van der Waals surface area (Å²) in [4.78, 5) is 20.6. The van der Waals surface area contributed by atoms with Crippen molar-refractivity contribution in [2.45, 2.75) is 20.0 Å². The van der Waals surface area contributed by atoms with Crippen LogP contribution in [-0.4, -0.2) is 22.0 Å². The molecule has 0 aliphatic carbocycles. The number of carbonyl (C=O) groups is 1. The number of nitrogen functional groups attached to an aromatic ring is 1. The Morgan fingerprint density at radius 1 is 1.19 bits per heavy atom. The number of nitrogens with one attached hydrogen (secondary N) is 1. The predicted octanol–water partition coefficient (Wildman–Crippen LogP) is 4.12. The zero-order valence-corrected chi connectivity index (χ0v) is 16.3. The second kappa shape index (κ2) is 6.67. The van der Waals surface area contributed by atoms with E-state index in [9.17, 15) is 4.79 Å². The lowest BCUT2D eigenvalue weighted by Gasteiger charge is -2.15. The lowest BCUT2D eigenvalue weighted by molar-refractivity contribution is 0.100. The van der Waals surface area contributed by atoms with E-state index in [1.165, 1.54) is 22.7 Å². The molecule has 0 spiro atoms. The Balaban J connectivity index is 1.77. The highest BCUT2D eigenvalue weighted by Crippen LogP contribution is 2.38. The molecular weight excluding hydrogens is 382 g/mol. The molecule has 0 radical (unpaired) electrons. The van der Waals surface area contributed by atoms with Crippen molar-refractivity contribution in [3.8, 4) is 5.75 Å². The van der Waals surface area contributed by atoms with Crippen LogP contribution in [0.2, 0.25) is 0 Å². The van der Waals surface area contributed by atoms with Gasteiger partial charge in [-0.25, -0.2) is 9.97 Å². The molecule has 0 bridgehead atoms. The van der Waals surface area contributed by atoms with Crippen LogP contribution in [0.15, 0.2) is 30.3 Å². The lowest BCUT2D eigenvalue weighted by atomic mass is 10.1. The largest absolute Gasteiger partial charge is 0.489 e. The van der Waals surface area contributed by atoms with Gasteiger partial charge in [0.1, 0.15) is 11.3 Å². The van der Waals surface area contributed by atoms with Gasteiger partial charge in [-0.05, 0) is 44.2 Å². The number of primary amides is 1. The number of rotatable bonds is 5. The summed E-state index contributed by atoms with van der Waals surface area (Å²) >= 11 is 2.92. The molecule has 1 amide bonds. The Labute approximate surface area is 163 Å². The summed E-state index contributed by atoms with van der Waals surface area (Å²) in [5.74, 6) is 0.127. The number of fused-ring (bicyclic) bond motifs is 3. The first kappa shape index (κ1) is 17.5. The molecule has 2 heterocycles. The van der Waals surface area contributed by atoms with Gasteiger partial charge in [-0.3, -0.25) is 4.79 Å². The van der Waals surface area contributed by atoms with Crippen LogP contribution in [0.3, 0.4) is 0 Å². The van der Waals surface area contributed by atoms with Crippen LogP contribution in [-0.2, 0) is 0 Å². The Morgan fingerprint density at radius 3 is 2.74 bits per heavy atom. The van der Waals surface area contributed by atoms with Crippen molar-refractivity contribution >= 4 is 65.0 Å². The van der Waals surface area contributed by atoms with Gasteiger partial charge in [0.2, 0.25) is 5.91 Å². The van der Waals surface area contributed by atoms with Crippen LogP contribution in [0.1, 0.15) is 24.2 Å². The molecule has 0 atom stereocenters. The molecule has 0 aliphatic heterocycles. The minimum atomic E-state index is -0.500. The lowest BCUT2D eigenvalue weighted by Crippen LogP contribution is -2.12. The van der Waals surface area contributed by atoms with Crippen molar-refractivity contribution in [1.82, 2.24) is 9.97 Å². The molecule has 2 aromatic heterocycles. The minimum Gasteiger partial charge on any atom is -0.489 e. The summed E-state index contributed by atoms with van der Waals surface area (Å²) in [6.07, 6.45) is -0.0138. The molecule has 5 N–H and O–H groups in total. The Kier molecular flexibility index (Phi) is 4.33. The van der Waals surface area contributed by atoms with Gasteiger partial charge in [0.15, 0.2) is 10.3 Å². The zero-order valence-electron chi connectivity index (χ0n) is 14.6. The molecule has 4 rings (SSSR count). The third-order valence-electron chi connectivity index (χ3n) is 3.80. The van der Waals surface area contributed by atoms with E-state index >= 15 is 0 Å². The average molecular weight is 400 g/mol. The highest BCUT2D eigenvalue weighted by Gasteiger charge is 2.14. The first-order valence-electron chi connectivity index (χ1n) is 8.24. The maximum Gasteiger partial charge on any atom is 0.248 e. The molecule has 0 saturated heterocycles. The number of benzene rings is 2. The second-order valence-electron chi connectivity index (χ2n) is 6.20. The van der Waals surface area contributed by atoms with E-state index in [1.54, 1.807) is 18.2 Å². The van der Waals surface area contributed by atoms with E-state index < -0.39 is 5.91 Å². The summed E-state index contributed by atoms with van der Waals surface area (Å²) in [5.41, 5.74) is 14.0. The van der Waals surface area contributed by atoms with E-state index in [1.807, 2.05) is 26.0 Å². The molecule has 27 heavy (non-hydrogen) atoms. The Bertz CT molecular complexity index is 1170. The van der Waals surface area contributed by atoms with Gasteiger partial charge in [0, 0.05) is 5.56 Å². The molecule has 0 fully saturated rings. The molecule has 4 aromatic rings. The van der Waals surface area contributed by atoms with Gasteiger partial charge in [0.25, 0.3) is 0 Å². The third-order valence-corrected chi connectivity index (χ3v) is 5.64. The van der Waals surface area contributed by atoms with Gasteiger partial charge in [0.05, 0.1) is 26.7 Å². The van der Waals surface area contributed by atoms with E-state index in [4.69, 9.17) is 21.2 Å². The molecule has 0 unspecified atom stereocenters. The van der Waals surface area contributed by atoms with Crippen molar-refractivity contribution < 1.29 is 9.53 Å². The quantitative estimate of drug-likeness (QED) is 0.465. The van der Waals surface area contributed by atoms with Crippen LogP contribution in [0.4, 0.5) is 16.0 Å². The highest BCUT2D eigenvalue weighted by molar-refractivity contribution is 7.25. The van der Waals surface area contributed by atoms with Crippen LogP contribution >= 0.6 is 22.7 Å². The number of hydrogen-bond acceptors (Lipinski definition) is 8. The number of amides is 1. The fourth-order valence-electron chi connectivity index (χ4n) is 2.70. The molecule has 2 aromatic carbocycles. The van der Waals surface area contributed by atoms with E-state index in [-0.39, 0.29) is 6.10 Å². The molecule has 7 nitrogen and oxygen atoms in total. The van der Waals surface area contributed by atoms with E-state index in [2.05, 4.69) is 10.3 Å². The summed E-state index contributed by atoms with van der Waals surface area (Å²) in [6, 6.07) is 8.97. The number of aromatic nitrogens is 2. The number of nitrogens with zero attached hydrogens (tertiary/aromatic N) is 2. The van der Waals surface area contributed by atoms with Crippen molar-refractivity contribution in [2.75, 3.05) is 11.1 Å². The number of thiazole rings is 2. The zero-order chi connectivity index (χ0) is 19.1. The SMILES string of the molecule is CC(C)Oc1ccc(C(N)=O)cc1Nc1nc2c(ccc3nc(N)sc32)s1. The monoisotopic (exact) mass is 399 g/mol. The average Bonchev–Trinajstić information content (AvgIpc) is 3.17. The normalized spacial score (nSPS) is 11.4. The fourth-order valence-corrected chi connectivity index (χ4v) is 4.48. The van der Waals surface area contributed by atoms with Crippen molar-refractivity contribution in [1.29, 1.82) is 0 Å². The number of anilines is 3. The Hall–Kier alpha value is -2.91. The van der Waals surface area contributed by atoms with Crippen LogP contribution in [0.5, 0.6) is 5.75 Å². The van der Waals surface area contributed by atoms with Crippen LogP contribution in [0, 0.1) is 0 Å². The van der Waals surface area contributed by atoms with Gasteiger partial charge >= 0.3 is 0 Å². The minimum absolute atomic E-state index is 0.0138. The first-order valence-corrected chi connectivity index (χ1v) is 9.87. The summed E-state index contributed by atoms with van der Waals surface area (Å²) < 4.78 is 7.81. The Morgan fingerprint density at radius 2 is 2.00 bits per heavy atom. The number of carbonyl (C=O) groups excluding carboxylic acids is 1. The van der Waals surface area contributed by atoms with Gasteiger partial charge in [-0.15, -0.1) is 0 Å². The number of hydrogen-bond donors (Lipinski definition) is 3. The maximum absolute atomic E-state index is 11.6. The summed E-state index contributed by atoms with van der Waals surface area (Å²) in [6.45, 7) is 3.88. The standard InChI is InChI=1S/C18H17N5O2S2/c1-8(2)25-12-5-3-9(16(19)24)7-11(12)22-18-23-14-13(26-18)6-4-10-15(14)27-17(20)21-10/h3-8H,1-2H3,(H2,19,24)(H2,20,21)(H,22,23). The molecule has 138 valence electrons. The molecular formula is C18H17N5O2S2. The highest BCUT2D eigenvalue weighted by atomic mass is 32.1. The number of ether oxygens (including phenoxy) is 1. The van der Waals surface area contributed by atoms with Gasteiger partial charge < -0.3 is 21.5 Å². The smallest absolute Gasteiger partial charge is 0.248 e. The fraction of sp³-hybridized carbons (Fsp3) is 0.167. The second-order valence-corrected chi connectivity index (χ2v) is 8.26. The maximum atomic E-state index is 11.6. The van der Waals surface area contributed by atoms with Crippen LogP contribution in [0.25, 0.3) is 20.4 Å². The number of nitrogens with two attached hydrogens (primary N) is 2. The molecule has 9 heteroatoms. The summed E-state index contributed by atoms with van der Waals surface area (Å²) in [5, 5.41) is 4.46. The van der Waals surface area contributed by atoms with Crippen molar-refractivity contribution in [3.05, 3.63) is 35.9 Å². The van der Waals surface area contributed by atoms with Gasteiger partial charge in [-0.1, -0.05) is 22.7 Å². The molecule has 0 saturated carbocycles. The topological polar surface area (TPSA) is 116 Å². The molecule has 0 aliphatic rings. The van der Waals surface area contributed by atoms with Gasteiger partial charge in [-0.2, -0.15) is 0 Å². The predicted molar refractivity (Wildman–Crippen MR) is 111 cm³/mol. The van der Waals surface area contributed by atoms with Crippen LogP contribution < -0.4 is 21.5 Å². The van der Waals surface area contributed by atoms with Crippen molar-refractivity contribution in [3.63, 3.8) is 0 Å². The van der Waals surface area contributed by atoms with E-state index in [0.29, 0.717) is 27.3 Å². The van der Waals surface area contributed by atoms with E-state index in [0.717, 1.165) is 20.4 Å². The summed E-state index contributed by atoms with van der Waals surface area (Å²) in [7, 11) is 0. The third kappa shape index (κ3) is 3.38. The first-order chi connectivity index (χ1) is 12.9.